The van der Waals surface area contributed by atoms with Crippen molar-refractivity contribution in [3.63, 3.8) is 0 Å². The number of hydrogen-bond acceptors (Lipinski definition) is 3. The molecular weight excluding hydrogens is 298 g/mol. The van der Waals surface area contributed by atoms with Gasteiger partial charge in [-0.05, 0) is 23.1 Å². The summed E-state index contributed by atoms with van der Waals surface area (Å²) in [6, 6.07) is 18.5. The molecule has 1 atom stereocenters. The average Bonchev–Trinajstić information content (AvgIpc) is 3.02. The third-order valence-electron chi connectivity index (χ3n) is 4.70. The lowest BCUT2D eigenvalue weighted by Gasteiger charge is -2.20. The van der Waals surface area contributed by atoms with Crippen LogP contribution in [0.2, 0.25) is 0 Å². The molecule has 1 unspecified atom stereocenters. The van der Waals surface area contributed by atoms with Gasteiger partial charge in [0.1, 0.15) is 0 Å². The van der Waals surface area contributed by atoms with E-state index in [-0.39, 0.29) is 6.10 Å². The highest BCUT2D eigenvalue weighted by atomic mass is 16.3. The largest absolute Gasteiger partial charge is 0.388 e. The second-order valence-electron chi connectivity index (χ2n) is 6.35. The molecule has 0 bridgehead atoms. The van der Waals surface area contributed by atoms with E-state index in [1.807, 2.05) is 42.6 Å². The van der Waals surface area contributed by atoms with Crippen LogP contribution in [0.5, 0.6) is 0 Å². The van der Waals surface area contributed by atoms with Gasteiger partial charge in [0.05, 0.1) is 18.0 Å². The minimum absolute atomic E-state index is 0.371. The van der Waals surface area contributed by atoms with Crippen LogP contribution in [0.3, 0.4) is 0 Å². The van der Waals surface area contributed by atoms with Gasteiger partial charge in [0.25, 0.3) is 0 Å². The Labute approximate surface area is 141 Å². The van der Waals surface area contributed by atoms with Crippen LogP contribution < -0.4 is 0 Å². The van der Waals surface area contributed by atoms with E-state index >= 15 is 0 Å². The van der Waals surface area contributed by atoms with E-state index in [0.29, 0.717) is 0 Å². The number of fused-ring (bicyclic) bond motifs is 1. The summed E-state index contributed by atoms with van der Waals surface area (Å²) in [5, 5.41) is 17.7. The van der Waals surface area contributed by atoms with Gasteiger partial charge in [-0.2, -0.15) is 5.10 Å². The Morgan fingerprint density at radius 1 is 1.08 bits per heavy atom. The maximum absolute atomic E-state index is 10.4. The number of aliphatic hydroxyl groups excluding tert-OH is 1. The van der Waals surface area contributed by atoms with E-state index in [0.717, 1.165) is 42.9 Å². The predicted molar refractivity (Wildman–Crippen MR) is 94.2 cm³/mol. The summed E-state index contributed by atoms with van der Waals surface area (Å²) in [6.07, 6.45) is 2.30. The van der Waals surface area contributed by atoms with Crippen molar-refractivity contribution >= 4 is 0 Å². The molecule has 1 aliphatic rings. The molecule has 0 amide bonds. The summed E-state index contributed by atoms with van der Waals surface area (Å²) in [4.78, 5) is 2.38. The monoisotopic (exact) mass is 319 g/mol. The molecule has 0 fully saturated rings. The zero-order valence-electron chi connectivity index (χ0n) is 13.5. The van der Waals surface area contributed by atoms with Gasteiger partial charge in [0.15, 0.2) is 0 Å². The number of rotatable bonds is 3. The molecule has 4 heteroatoms. The number of H-pyrrole nitrogens is 1. The molecule has 0 radical (unpaired) electrons. The third-order valence-corrected chi connectivity index (χ3v) is 4.70. The molecule has 2 N–H and O–H groups in total. The van der Waals surface area contributed by atoms with Gasteiger partial charge >= 0.3 is 0 Å². The molecule has 1 aromatic heterocycles. The van der Waals surface area contributed by atoms with E-state index in [4.69, 9.17) is 0 Å². The molecule has 0 aliphatic carbocycles. The number of nitrogens with one attached hydrogen (secondary N) is 1. The van der Waals surface area contributed by atoms with Crippen molar-refractivity contribution in [2.75, 3.05) is 6.54 Å². The molecule has 4 rings (SSSR count). The van der Waals surface area contributed by atoms with Crippen LogP contribution >= 0.6 is 0 Å². The van der Waals surface area contributed by atoms with Crippen LogP contribution in [-0.2, 0) is 13.1 Å². The van der Waals surface area contributed by atoms with E-state index in [1.165, 1.54) is 11.1 Å². The van der Waals surface area contributed by atoms with E-state index in [1.54, 1.807) is 0 Å². The third kappa shape index (κ3) is 2.98. The normalized spacial score (nSPS) is 18.1. The van der Waals surface area contributed by atoms with Crippen LogP contribution in [0.1, 0.15) is 29.2 Å². The first kappa shape index (κ1) is 15.1. The van der Waals surface area contributed by atoms with Crippen LogP contribution in [-0.4, -0.2) is 26.7 Å². The fourth-order valence-corrected chi connectivity index (χ4v) is 3.45. The van der Waals surface area contributed by atoms with Gasteiger partial charge in [-0.3, -0.25) is 10.00 Å². The molecule has 0 saturated carbocycles. The van der Waals surface area contributed by atoms with Crippen molar-refractivity contribution in [2.24, 2.45) is 0 Å². The average molecular weight is 319 g/mol. The number of aromatic amines is 1. The first-order chi connectivity index (χ1) is 11.8. The topological polar surface area (TPSA) is 52.1 Å². The molecule has 2 aromatic carbocycles. The second-order valence-corrected chi connectivity index (χ2v) is 6.35. The number of aliphatic hydroxyl groups is 1. The quantitative estimate of drug-likeness (QED) is 0.776. The van der Waals surface area contributed by atoms with Gasteiger partial charge in [0.2, 0.25) is 0 Å². The highest BCUT2D eigenvalue weighted by molar-refractivity contribution is 5.62. The number of hydrogen-bond donors (Lipinski definition) is 2. The summed E-state index contributed by atoms with van der Waals surface area (Å²) in [7, 11) is 0. The van der Waals surface area contributed by atoms with E-state index in [9.17, 15) is 5.11 Å². The summed E-state index contributed by atoms with van der Waals surface area (Å²) >= 11 is 0. The maximum atomic E-state index is 10.4. The Hall–Kier alpha value is -2.43. The lowest BCUT2D eigenvalue weighted by Crippen LogP contribution is -2.23. The highest BCUT2D eigenvalue weighted by Crippen LogP contribution is 2.28. The van der Waals surface area contributed by atoms with Crippen LogP contribution in [0.15, 0.2) is 60.8 Å². The Kier molecular flexibility index (Phi) is 4.15. The van der Waals surface area contributed by atoms with Crippen LogP contribution in [0.4, 0.5) is 0 Å². The van der Waals surface area contributed by atoms with Gasteiger partial charge < -0.3 is 5.11 Å². The van der Waals surface area contributed by atoms with Crippen molar-refractivity contribution in [1.29, 1.82) is 0 Å². The second kappa shape index (κ2) is 6.59. The molecule has 2 heterocycles. The zero-order valence-corrected chi connectivity index (χ0v) is 13.5. The fraction of sp³-hybridized carbons (Fsp3) is 0.250. The van der Waals surface area contributed by atoms with Gasteiger partial charge in [-0.25, -0.2) is 0 Å². The minimum Gasteiger partial charge on any atom is -0.388 e. The van der Waals surface area contributed by atoms with Crippen LogP contribution in [0, 0.1) is 0 Å². The molecule has 0 saturated heterocycles. The summed E-state index contributed by atoms with van der Waals surface area (Å²) in [5.41, 5.74) is 5.70. The number of aromatic nitrogens is 2. The van der Waals surface area contributed by atoms with Gasteiger partial charge in [0, 0.05) is 25.2 Å². The molecule has 122 valence electrons. The zero-order chi connectivity index (χ0) is 16.4. The SMILES string of the molecule is OC1CCN(Cc2cn[nH]c2-c2ccccc2)Cc2ccccc21. The first-order valence-corrected chi connectivity index (χ1v) is 8.37. The summed E-state index contributed by atoms with van der Waals surface area (Å²) < 4.78 is 0. The minimum atomic E-state index is -0.371. The Bertz CT molecular complexity index is 813. The molecule has 4 nitrogen and oxygen atoms in total. The van der Waals surface area contributed by atoms with Crippen molar-refractivity contribution in [3.8, 4) is 11.3 Å². The van der Waals surface area contributed by atoms with Gasteiger partial charge in [-0.15, -0.1) is 0 Å². The predicted octanol–water partition coefficient (Wildman–Crippen LogP) is 3.52. The first-order valence-electron chi connectivity index (χ1n) is 8.37. The standard InChI is InChI=1S/C20H21N3O/c24-19-10-11-23(13-16-8-4-5-9-18(16)19)14-17-12-21-22-20(17)15-6-2-1-3-7-15/h1-9,12,19,24H,10-11,13-14H2,(H,21,22). The maximum Gasteiger partial charge on any atom is 0.0805 e. The molecule has 3 aromatic rings. The Balaban J connectivity index is 1.58. The van der Waals surface area contributed by atoms with E-state index in [2.05, 4.69) is 33.3 Å². The number of nitrogens with zero attached hydrogens (tertiary/aromatic N) is 2. The number of benzene rings is 2. The summed E-state index contributed by atoms with van der Waals surface area (Å²) in [6.45, 7) is 2.55. The van der Waals surface area contributed by atoms with Crippen molar-refractivity contribution in [1.82, 2.24) is 15.1 Å². The van der Waals surface area contributed by atoms with Crippen molar-refractivity contribution < 1.29 is 5.11 Å². The van der Waals surface area contributed by atoms with Crippen molar-refractivity contribution in [3.05, 3.63) is 77.5 Å². The smallest absolute Gasteiger partial charge is 0.0805 e. The van der Waals surface area contributed by atoms with E-state index < -0.39 is 0 Å². The lowest BCUT2D eigenvalue weighted by atomic mass is 10.0. The molecule has 1 aliphatic heterocycles. The lowest BCUT2D eigenvalue weighted by molar-refractivity contribution is 0.150. The molecule has 24 heavy (non-hydrogen) atoms. The highest BCUT2D eigenvalue weighted by Gasteiger charge is 2.21. The summed E-state index contributed by atoms with van der Waals surface area (Å²) in [5.74, 6) is 0. The Morgan fingerprint density at radius 3 is 2.75 bits per heavy atom. The van der Waals surface area contributed by atoms with Crippen molar-refractivity contribution in [2.45, 2.75) is 25.6 Å². The fourth-order valence-electron chi connectivity index (χ4n) is 3.45. The van der Waals surface area contributed by atoms with Crippen LogP contribution in [0.25, 0.3) is 11.3 Å². The molecular formula is C20H21N3O. The Morgan fingerprint density at radius 2 is 1.88 bits per heavy atom. The van der Waals surface area contributed by atoms with Gasteiger partial charge in [-0.1, -0.05) is 54.6 Å². The molecule has 0 spiro atoms.